The summed E-state index contributed by atoms with van der Waals surface area (Å²) in [6, 6.07) is 7.72. The molecule has 1 heterocycles. The van der Waals surface area contributed by atoms with Gasteiger partial charge in [0.1, 0.15) is 0 Å². The van der Waals surface area contributed by atoms with Gasteiger partial charge in [0.15, 0.2) is 0 Å². The third-order valence-electron chi connectivity index (χ3n) is 1.75. The van der Waals surface area contributed by atoms with Crippen LogP contribution < -0.4 is 5.56 Å². The predicted octanol–water partition coefficient (Wildman–Crippen LogP) is 2.13. The summed E-state index contributed by atoms with van der Waals surface area (Å²) in [6.45, 7) is 0. The van der Waals surface area contributed by atoms with Gasteiger partial charge in [-0.05, 0) is 40.1 Å². The second-order valence-corrected chi connectivity index (χ2v) is 3.67. The fraction of sp³-hybridized carbons (Fsp3) is 0. The summed E-state index contributed by atoms with van der Waals surface area (Å²) in [5, 5.41) is 1.77. The molecule has 0 bridgehead atoms. The van der Waals surface area contributed by atoms with Crippen molar-refractivity contribution in [3.63, 3.8) is 0 Å². The third-order valence-corrected chi connectivity index (χ3v) is 2.65. The first-order chi connectivity index (χ1) is 5.79. The van der Waals surface area contributed by atoms with Gasteiger partial charge in [-0.1, -0.05) is 12.1 Å². The molecular formula is C9H6INO. The number of rotatable bonds is 0. The maximum absolute atomic E-state index is 11.3. The van der Waals surface area contributed by atoms with Crippen LogP contribution in [0.2, 0.25) is 0 Å². The Morgan fingerprint density at radius 1 is 1.25 bits per heavy atom. The van der Waals surface area contributed by atoms with Gasteiger partial charge in [0.2, 0.25) is 0 Å². The molecule has 0 unspecified atom stereocenters. The van der Waals surface area contributed by atoms with E-state index in [1.807, 2.05) is 24.3 Å². The highest BCUT2D eigenvalue weighted by Gasteiger charge is 1.99. The van der Waals surface area contributed by atoms with Gasteiger partial charge in [-0.25, -0.2) is 0 Å². The van der Waals surface area contributed by atoms with Crippen LogP contribution in [0.15, 0.2) is 35.3 Å². The molecular weight excluding hydrogens is 265 g/mol. The molecule has 1 aromatic heterocycles. The Morgan fingerprint density at radius 3 is 2.83 bits per heavy atom. The standard InChI is InChI=1S/C9H6INO/c10-7-3-1-2-6-4-5-11-9(12)8(6)7/h1-5H,(H,11,12). The van der Waals surface area contributed by atoms with Gasteiger partial charge in [-0.15, -0.1) is 0 Å². The van der Waals surface area contributed by atoms with Crippen molar-refractivity contribution in [2.45, 2.75) is 0 Å². The highest BCUT2D eigenvalue weighted by atomic mass is 127. The maximum atomic E-state index is 11.3. The van der Waals surface area contributed by atoms with E-state index >= 15 is 0 Å². The van der Waals surface area contributed by atoms with Gasteiger partial charge in [0.05, 0.1) is 5.39 Å². The number of aromatic nitrogens is 1. The number of benzene rings is 1. The van der Waals surface area contributed by atoms with E-state index in [-0.39, 0.29) is 5.56 Å². The van der Waals surface area contributed by atoms with Crippen molar-refractivity contribution in [3.8, 4) is 0 Å². The quantitative estimate of drug-likeness (QED) is 0.731. The lowest BCUT2D eigenvalue weighted by Gasteiger charge is -1.96. The molecule has 0 saturated carbocycles. The summed E-state index contributed by atoms with van der Waals surface area (Å²) in [7, 11) is 0. The Hall–Kier alpha value is -0.840. The minimum atomic E-state index is -0.0162. The van der Waals surface area contributed by atoms with Crippen LogP contribution in [0.1, 0.15) is 0 Å². The van der Waals surface area contributed by atoms with Crippen molar-refractivity contribution in [2.24, 2.45) is 0 Å². The molecule has 2 aromatic rings. The second-order valence-electron chi connectivity index (χ2n) is 2.51. The minimum Gasteiger partial charge on any atom is -0.329 e. The fourth-order valence-corrected chi connectivity index (χ4v) is 1.96. The smallest absolute Gasteiger partial charge is 0.256 e. The van der Waals surface area contributed by atoms with Crippen LogP contribution in [0.5, 0.6) is 0 Å². The van der Waals surface area contributed by atoms with E-state index in [4.69, 9.17) is 0 Å². The van der Waals surface area contributed by atoms with Crippen molar-refractivity contribution < 1.29 is 0 Å². The van der Waals surface area contributed by atoms with Gasteiger partial charge in [0, 0.05) is 9.77 Å². The molecule has 0 aliphatic rings. The third kappa shape index (κ3) is 1.14. The Balaban J connectivity index is 3.07. The summed E-state index contributed by atoms with van der Waals surface area (Å²) in [4.78, 5) is 14.0. The number of H-pyrrole nitrogens is 1. The lowest BCUT2D eigenvalue weighted by Crippen LogP contribution is -2.05. The zero-order valence-electron chi connectivity index (χ0n) is 6.17. The van der Waals surface area contributed by atoms with Crippen molar-refractivity contribution in [1.29, 1.82) is 0 Å². The second kappa shape index (κ2) is 2.90. The zero-order valence-corrected chi connectivity index (χ0v) is 8.33. The summed E-state index contributed by atoms with van der Waals surface area (Å²) in [6.07, 6.45) is 1.67. The Morgan fingerprint density at radius 2 is 2.08 bits per heavy atom. The van der Waals surface area contributed by atoms with Crippen LogP contribution in [-0.4, -0.2) is 4.98 Å². The summed E-state index contributed by atoms with van der Waals surface area (Å²) in [5.74, 6) is 0. The topological polar surface area (TPSA) is 32.9 Å². The number of halogens is 1. The van der Waals surface area contributed by atoms with Gasteiger partial charge < -0.3 is 4.98 Å². The first-order valence-electron chi connectivity index (χ1n) is 3.55. The van der Waals surface area contributed by atoms with E-state index in [9.17, 15) is 4.79 Å². The number of hydrogen-bond donors (Lipinski definition) is 1. The predicted molar refractivity (Wildman–Crippen MR) is 57.3 cm³/mol. The number of hydrogen-bond acceptors (Lipinski definition) is 1. The van der Waals surface area contributed by atoms with Crippen LogP contribution in [0.4, 0.5) is 0 Å². The van der Waals surface area contributed by atoms with Crippen LogP contribution in [0.25, 0.3) is 10.8 Å². The largest absolute Gasteiger partial charge is 0.329 e. The molecule has 0 aliphatic heterocycles. The van der Waals surface area contributed by atoms with E-state index in [1.54, 1.807) is 6.20 Å². The molecule has 2 rings (SSSR count). The highest BCUT2D eigenvalue weighted by molar-refractivity contribution is 14.1. The minimum absolute atomic E-state index is 0.0162. The van der Waals surface area contributed by atoms with Crippen LogP contribution >= 0.6 is 22.6 Å². The van der Waals surface area contributed by atoms with E-state index in [1.165, 1.54) is 0 Å². The summed E-state index contributed by atoms with van der Waals surface area (Å²) in [5.41, 5.74) is -0.0162. The van der Waals surface area contributed by atoms with Gasteiger partial charge in [-0.3, -0.25) is 4.79 Å². The molecule has 0 amide bonds. The molecule has 1 aromatic carbocycles. The van der Waals surface area contributed by atoms with Gasteiger partial charge in [-0.2, -0.15) is 0 Å². The van der Waals surface area contributed by atoms with Crippen molar-refractivity contribution in [2.75, 3.05) is 0 Å². The number of fused-ring (bicyclic) bond motifs is 1. The molecule has 1 N–H and O–H groups in total. The highest BCUT2D eigenvalue weighted by Crippen LogP contribution is 2.15. The van der Waals surface area contributed by atoms with Gasteiger partial charge >= 0.3 is 0 Å². The number of pyridine rings is 1. The molecule has 0 fully saturated rings. The van der Waals surface area contributed by atoms with E-state index in [0.717, 1.165) is 14.3 Å². The Bertz CT molecular complexity index is 470. The molecule has 0 radical (unpaired) electrons. The molecule has 0 spiro atoms. The molecule has 2 nitrogen and oxygen atoms in total. The molecule has 3 heteroatoms. The molecule has 12 heavy (non-hydrogen) atoms. The first kappa shape index (κ1) is 7.79. The fourth-order valence-electron chi connectivity index (χ4n) is 1.20. The number of nitrogens with one attached hydrogen (secondary N) is 1. The average molecular weight is 271 g/mol. The summed E-state index contributed by atoms with van der Waals surface area (Å²) >= 11 is 2.16. The van der Waals surface area contributed by atoms with Crippen LogP contribution in [0, 0.1) is 3.57 Å². The SMILES string of the molecule is O=c1[nH]ccc2cccc(I)c12. The molecule has 60 valence electrons. The zero-order chi connectivity index (χ0) is 8.55. The first-order valence-corrected chi connectivity index (χ1v) is 4.63. The monoisotopic (exact) mass is 271 g/mol. The normalized spacial score (nSPS) is 10.4. The molecule has 0 aliphatic carbocycles. The Labute approximate surface area is 82.8 Å². The van der Waals surface area contributed by atoms with Gasteiger partial charge in [0.25, 0.3) is 5.56 Å². The summed E-state index contributed by atoms with van der Waals surface area (Å²) < 4.78 is 0.993. The molecule has 0 saturated heterocycles. The maximum Gasteiger partial charge on any atom is 0.256 e. The number of aromatic amines is 1. The van der Waals surface area contributed by atoms with E-state index in [0.29, 0.717) is 0 Å². The van der Waals surface area contributed by atoms with Crippen LogP contribution in [0.3, 0.4) is 0 Å². The Kier molecular flexibility index (Phi) is 1.88. The van der Waals surface area contributed by atoms with Crippen molar-refractivity contribution in [3.05, 3.63) is 44.4 Å². The van der Waals surface area contributed by atoms with Crippen molar-refractivity contribution in [1.82, 2.24) is 4.98 Å². The van der Waals surface area contributed by atoms with E-state index in [2.05, 4.69) is 27.6 Å². The lowest BCUT2D eigenvalue weighted by molar-refractivity contribution is 1.27. The van der Waals surface area contributed by atoms with E-state index < -0.39 is 0 Å². The lowest BCUT2D eigenvalue weighted by atomic mass is 10.2. The van der Waals surface area contributed by atoms with Crippen molar-refractivity contribution >= 4 is 33.4 Å². The average Bonchev–Trinajstić information content (AvgIpc) is 2.04. The van der Waals surface area contributed by atoms with Crippen LogP contribution in [-0.2, 0) is 0 Å². The molecule has 0 atom stereocenters.